The molecule has 1 N–H and O–H groups in total. The SMILES string of the molecule is COc1cc(C)cc(C)c1-c1ccc2ccc(C3CCCC(NC(=O)OC(C)(C)C)C3)nc2n1. The molecule has 2 atom stereocenters. The van der Waals surface area contributed by atoms with Gasteiger partial charge in [-0.3, -0.25) is 0 Å². The number of rotatable bonds is 4. The zero-order valence-corrected chi connectivity index (χ0v) is 21.1. The van der Waals surface area contributed by atoms with Gasteiger partial charge in [0.15, 0.2) is 5.65 Å². The Balaban J connectivity index is 1.58. The van der Waals surface area contributed by atoms with Crippen molar-refractivity contribution in [2.75, 3.05) is 7.11 Å². The van der Waals surface area contributed by atoms with Crippen molar-refractivity contribution >= 4 is 17.1 Å². The number of hydrogen-bond donors (Lipinski definition) is 1. The molecule has 6 heteroatoms. The highest BCUT2D eigenvalue weighted by Gasteiger charge is 2.27. The second-order valence-corrected chi connectivity index (χ2v) is 10.3. The summed E-state index contributed by atoms with van der Waals surface area (Å²) in [4.78, 5) is 22.1. The van der Waals surface area contributed by atoms with Gasteiger partial charge in [-0.25, -0.2) is 14.8 Å². The van der Waals surface area contributed by atoms with E-state index in [1.807, 2.05) is 32.9 Å². The Hall–Kier alpha value is -3.15. The van der Waals surface area contributed by atoms with Gasteiger partial charge in [-0.2, -0.15) is 0 Å². The lowest BCUT2D eigenvalue weighted by molar-refractivity contribution is 0.0490. The highest BCUT2D eigenvalue weighted by atomic mass is 16.6. The van der Waals surface area contributed by atoms with Crippen molar-refractivity contribution in [2.24, 2.45) is 0 Å². The van der Waals surface area contributed by atoms with Crippen LogP contribution >= 0.6 is 0 Å². The summed E-state index contributed by atoms with van der Waals surface area (Å²) in [6.07, 6.45) is 3.55. The minimum Gasteiger partial charge on any atom is -0.496 e. The number of benzene rings is 1. The smallest absolute Gasteiger partial charge is 0.407 e. The summed E-state index contributed by atoms with van der Waals surface area (Å²) in [6.45, 7) is 9.79. The second-order valence-electron chi connectivity index (χ2n) is 10.3. The number of nitrogens with one attached hydrogen (secondary N) is 1. The van der Waals surface area contributed by atoms with E-state index in [9.17, 15) is 4.79 Å². The van der Waals surface area contributed by atoms with Crippen LogP contribution in [-0.2, 0) is 4.74 Å². The van der Waals surface area contributed by atoms with E-state index in [0.717, 1.165) is 70.5 Å². The topological polar surface area (TPSA) is 73.3 Å². The number of ether oxygens (including phenoxy) is 2. The highest BCUT2D eigenvalue weighted by Crippen LogP contribution is 2.35. The van der Waals surface area contributed by atoms with E-state index in [0.29, 0.717) is 0 Å². The van der Waals surface area contributed by atoms with Crippen molar-refractivity contribution in [3.05, 3.63) is 53.2 Å². The lowest BCUT2D eigenvalue weighted by Gasteiger charge is -2.30. The lowest BCUT2D eigenvalue weighted by atomic mass is 9.83. The van der Waals surface area contributed by atoms with Crippen LogP contribution < -0.4 is 10.1 Å². The molecule has 2 heterocycles. The molecule has 180 valence electrons. The summed E-state index contributed by atoms with van der Waals surface area (Å²) in [7, 11) is 1.69. The fraction of sp³-hybridized carbons (Fsp3) is 0.464. The molecule has 1 aromatic carbocycles. The normalized spacial score (nSPS) is 18.5. The number of methoxy groups -OCH3 is 1. The predicted molar refractivity (Wildman–Crippen MR) is 135 cm³/mol. The van der Waals surface area contributed by atoms with Gasteiger partial charge in [0, 0.05) is 28.6 Å². The molecule has 3 aromatic rings. The Labute approximate surface area is 202 Å². The highest BCUT2D eigenvalue weighted by molar-refractivity contribution is 5.81. The Morgan fingerprint density at radius 3 is 2.56 bits per heavy atom. The molecule has 2 unspecified atom stereocenters. The van der Waals surface area contributed by atoms with Gasteiger partial charge >= 0.3 is 6.09 Å². The van der Waals surface area contributed by atoms with E-state index in [1.54, 1.807) is 7.11 Å². The Kier molecular flexibility index (Phi) is 6.78. The summed E-state index contributed by atoms with van der Waals surface area (Å²) in [5, 5.41) is 4.06. The van der Waals surface area contributed by atoms with Crippen LogP contribution in [0.5, 0.6) is 5.75 Å². The number of fused-ring (bicyclic) bond motifs is 1. The van der Waals surface area contributed by atoms with E-state index in [4.69, 9.17) is 19.4 Å². The monoisotopic (exact) mass is 461 g/mol. The number of amides is 1. The van der Waals surface area contributed by atoms with Gasteiger partial charge in [-0.15, -0.1) is 0 Å². The van der Waals surface area contributed by atoms with Gasteiger partial charge in [-0.1, -0.05) is 12.5 Å². The molecule has 0 aliphatic heterocycles. The maximum atomic E-state index is 12.2. The number of hydrogen-bond acceptors (Lipinski definition) is 5. The molecule has 0 spiro atoms. The van der Waals surface area contributed by atoms with Gasteiger partial charge in [0.05, 0.1) is 12.8 Å². The number of alkyl carbamates (subject to hydrolysis) is 1. The molecule has 0 bridgehead atoms. The summed E-state index contributed by atoms with van der Waals surface area (Å²) in [5.41, 5.74) is 5.41. The summed E-state index contributed by atoms with van der Waals surface area (Å²) in [6, 6.07) is 12.6. The molecule has 1 fully saturated rings. The van der Waals surface area contributed by atoms with Crippen LogP contribution in [0.4, 0.5) is 4.79 Å². The van der Waals surface area contributed by atoms with Gasteiger partial charge in [0.2, 0.25) is 0 Å². The van der Waals surface area contributed by atoms with Crippen molar-refractivity contribution < 1.29 is 14.3 Å². The number of carbonyl (C=O) groups excluding carboxylic acids is 1. The summed E-state index contributed by atoms with van der Waals surface area (Å²) in [5.74, 6) is 1.10. The van der Waals surface area contributed by atoms with Crippen LogP contribution in [0.2, 0.25) is 0 Å². The van der Waals surface area contributed by atoms with E-state index in [-0.39, 0.29) is 18.1 Å². The largest absolute Gasteiger partial charge is 0.496 e. The quantitative estimate of drug-likeness (QED) is 0.482. The number of nitrogens with zero attached hydrogens (tertiary/aromatic N) is 2. The first-order valence-corrected chi connectivity index (χ1v) is 12.1. The first-order valence-electron chi connectivity index (χ1n) is 12.1. The van der Waals surface area contributed by atoms with Gasteiger partial charge in [0.25, 0.3) is 0 Å². The van der Waals surface area contributed by atoms with E-state index >= 15 is 0 Å². The Morgan fingerprint density at radius 2 is 1.82 bits per heavy atom. The molecule has 2 aromatic heterocycles. The molecule has 0 radical (unpaired) electrons. The third-order valence-electron chi connectivity index (χ3n) is 6.31. The standard InChI is InChI=1S/C28H35N3O3/c1-17-14-18(2)25(24(15-17)33-6)23-13-11-19-10-12-22(30-26(19)31-23)20-8-7-9-21(16-20)29-27(32)34-28(3,4)5/h10-15,20-21H,7-9,16H2,1-6H3,(H,29,32). The number of carbonyl (C=O) groups is 1. The third kappa shape index (κ3) is 5.49. The Morgan fingerprint density at radius 1 is 1.06 bits per heavy atom. The van der Waals surface area contributed by atoms with Crippen molar-refractivity contribution in [1.82, 2.24) is 15.3 Å². The molecule has 1 amide bonds. The molecular weight excluding hydrogens is 426 g/mol. The zero-order valence-electron chi connectivity index (χ0n) is 21.1. The van der Waals surface area contributed by atoms with Crippen LogP contribution in [0.1, 0.15) is 69.2 Å². The zero-order chi connectivity index (χ0) is 24.5. The van der Waals surface area contributed by atoms with Crippen LogP contribution in [0.15, 0.2) is 36.4 Å². The van der Waals surface area contributed by atoms with Crippen molar-refractivity contribution in [3.63, 3.8) is 0 Å². The first-order chi connectivity index (χ1) is 16.1. The van der Waals surface area contributed by atoms with Crippen LogP contribution in [0.25, 0.3) is 22.3 Å². The van der Waals surface area contributed by atoms with E-state index < -0.39 is 5.60 Å². The van der Waals surface area contributed by atoms with E-state index in [1.165, 1.54) is 0 Å². The average molecular weight is 462 g/mol. The number of pyridine rings is 2. The Bertz CT molecular complexity index is 1200. The van der Waals surface area contributed by atoms with Crippen LogP contribution in [-0.4, -0.2) is 34.8 Å². The lowest BCUT2D eigenvalue weighted by Crippen LogP contribution is -2.41. The fourth-order valence-electron chi connectivity index (χ4n) is 4.86. The van der Waals surface area contributed by atoms with Crippen molar-refractivity contribution in [1.29, 1.82) is 0 Å². The number of aryl methyl sites for hydroxylation is 2. The molecule has 0 saturated heterocycles. The number of aromatic nitrogens is 2. The van der Waals surface area contributed by atoms with Gasteiger partial charge in [0.1, 0.15) is 11.4 Å². The van der Waals surface area contributed by atoms with E-state index in [2.05, 4.69) is 43.4 Å². The molecule has 6 nitrogen and oxygen atoms in total. The molecule has 1 aliphatic rings. The molecule has 1 aliphatic carbocycles. The molecular formula is C28H35N3O3. The summed E-state index contributed by atoms with van der Waals surface area (Å²) >= 11 is 0. The minimum atomic E-state index is -0.500. The minimum absolute atomic E-state index is 0.0878. The molecule has 1 saturated carbocycles. The summed E-state index contributed by atoms with van der Waals surface area (Å²) < 4.78 is 11.1. The molecule has 4 rings (SSSR count). The maximum Gasteiger partial charge on any atom is 0.407 e. The van der Waals surface area contributed by atoms with Crippen LogP contribution in [0.3, 0.4) is 0 Å². The third-order valence-corrected chi connectivity index (χ3v) is 6.31. The molecule has 34 heavy (non-hydrogen) atoms. The predicted octanol–water partition coefficient (Wildman–Crippen LogP) is 6.47. The first kappa shape index (κ1) is 24.0. The average Bonchev–Trinajstić information content (AvgIpc) is 2.76. The fourth-order valence-corrected chi connectivity index (χ4v) is 4.86. The maximum absolute atomic E-state index is 12.2. The van der Waals surface area contributed by atoms with Crippen molar-refractivity contribution in [3.8, 4) is 17.0 Å². The second kappa shape index (κ2) is 9.61. The van der Waals surface area contributed by atoms with Gasteiger partial charge < -0.3 is 14.8 Å². The van der Waals surface area contributed by atoms with Crippen LogP contribution in [0, 0.1) is 13.8 Å². The van der Waals surface area contributed by atoms with Gasteiger partial charge in [-0.05, 0) is 95.3 Å². The van der Waals surface area contributed by atoms with Crippen molar-refractivity contribution in [2.45, 2.75) is 77.9 Å².